The summed E-state index contributed by atoms with van der Waals surface area (Å²) in [5.74, 6) is -0.275. The third kappa shape index (κ3) is 5.75. The van der Waals surface area contributed by atoms with E-state index in [1.54, 1.807) is 12.1 Å². The minimum absolute atomic E-state index is 0.105. The number of nitrogens with one attached hydrogen (secondary N) is 4. The lowest BCUT2D eigenvalue weighted by Crippen LogP contribution is -2.37. The number of alkyl carbamates (subject to hydrolysis) is 1. The van der Waals surface area contributed by atoms with E-state index in [1.807, 2.05) is 45.0 Å². The summed E-state index contributed by atoms with van der Waals surface area (Å²) in [6.07, 6.45) is 0.407. The average Bonchev–Trinajstić information content (AvgIpc) is 3.40. The Morgan fingerprint density at radius 1 is 1.06 bits per heavy atom. The van der Waals surface area contributed by atoms with Gasteiger partial charge in [-0.3, -0.25) is 4.79 Å². The second-order valence-electron chi connectivity index (χ2n) is 9.73. The van der Waals surface area contributed by atoms with Crippen LogP contribution in [0.1, 0.15) is 37.7 Å². The fraction of sp³-hybridized carbons (Fsp3) is 0.385. The highest BCUT2D eigenvalue weighted by Crippen LogP contribution is 2.32. The van der Waals surface area contributed by atoms with Gasteiger partial charge in [-0.15, -0.1) is 0 Å². The lowest BCUT2D eigenvalue weighted by molar-refractivity contribution is 0.0520. The predicted octanol–water partition coefficient (Wildman–Crippen LogP) is 4.21. The van der Waals surface area contributed by atoms with Crippen LogP contribution in [0, 0.1) is 11.7 Å². The van der Waals surface area contributed by atoms with Crippen LogP contribution in [0.4, 0.5) is 9.18 Å². The molecule has 8 heteroatoms. The molecule has 1 aliphatic heterocycles. The number of aromatic amines is 1. The van der Waals surface area contributed by atoms with Gasteiger partial charge < -0.3 is 25.7 Å². The first-order valence-corrected chi connectivity index (χ1v) is 11.5. The Morgan fingerprint density at radius 2 is 1.79 bits per heavy atom. The maximum Gasteiger partial charge on any atom is 0.407 e. The second kappa shape index (κ2) is 9.85. The molecule has 0 spiro atoms. The van der Waals surface area contributed by atoms with Gasteiger partial charge in [0.05, 0.1) is 0 Å². The van der Waals surface area contributed by atoms with Gasteiger partial charge in [0.25, 0.3) is 5.91 Å². The largest absolute Gasteiger partial charge is 0.444 e. The standard InChI is InChI=1S/C26H31FN4O3/c1-26(2,3)34-25(33)30-14-16-12-19(28-13-16)15-29-24(32)23-22(17-8-10-18(27)11-9-17)20-6-4-5-7-21(20)31-23/h4-11,16,19,28,31H,12-15H2,1-3H3,(H,29,32)(H,30,33)/t16-,19?/m1/s1. The lowest BCUT2D eigenvalue weighted by Gasteiger charge is -2.20. The summed E-state index contributed by atoms with van der Waals surface area (Å²) in [6.45, 7) is 7.22. The number of aromatic nitrogens is 1. The van der Waals surface area contributed by atoms with E-state index in [0.29, 0.717) is 18.8 Å². The number of rotatable bonds is 6. The van der Waals surface area contributed by atoms with Gasteiger partial charge in [0, 0.05) is 42.1 Å². The normalized spacial score (nSPS) is 18.1. The first-order valence-electron chi connectivity index (χ1n) is 11.5. The topological polar surface area (TPSA) is 95.2 Å². The van der Waals surface area contributed by atoms with Gasteiger partial charge in [-0.2, -0.15) is 0 Å². The highest BCUT2D eigenvalue weighted by atomic mass is 19.1. The Hall–Kier alpha value is -3.39. The quantitative estimate of drug-likeness (QED) is 0.438. The molecule has 1 unspecified atom stereocenters. The van der Waals surface area contributed by atoms with Gasteiger partial charge in [0.1, 0.15) is 17.1 Å². The van der Waals surface area contributed by atoms with Crippen LogP contribution in [-0.2, 0) is 4.74 Å². The van der Waals surface area contributed by atoms with Crippen LogP contribution in [0.25, 0.3) is 22.0 Å². The van der Waals surface area contributed by atoms with Gasteiger partial charge in [-0.05, 0) is 56.9 Å². The van der Waals surface area contributed by atoms with Crippen LogP contribution in [0.2, 0.25) is 0 Å². The Kier molecular flexibility index (Phi) is 6.88. The smallest absolute Gasteiger partial charge is 0.407 e. The number of para-hydroxylation sites is 1. The van der Waals surface area contributed by atoms with Crippen LogP contribution >= 0.6 is 0 Å². The van der Waals surface area contributed by atoms with Gasteiger partial charge in [0.2, 0.25) is 0 Å². The van der Waals surface area contributed by atoms with Crippen molar-refractivity contribution in [3.8, 4) is 11.1 Å². The van der Waals surface area contributed by atoms with E-state index >= 15 is 0 Å². The van der Waals surface area contributed by atoms with E-state index in [1.165, 1.54) is 12.1 Å². The summed E-state index contributed by atoms with van der Waals surface area (Å²) in [5, 5.41) is 10.2. The molecule has 180 valence electrons. The highest BCUT2D eigenvalue weighted by molar-refractivity contribution is 6.09. The van der Waals surface area contributed by atoms with Crippen molar-refractivity contribution in [2.24, 2.45) is 5.92 Å². The molecule has 2 atom stereocenters. The SMILES string of the molecule is CC(C)(C)OC(=O)NC[C@H]1CNC(CNC(=O)c2[nH]c3ccccc3c2-c2ccc(F)cc2)C1. The van der Waals surface area contributed by atoms with E-state index in [-0.39, 0.29) is 23.7 Å². The van der Waals surface area contributed by atoms with E-state index in [4.69, 9.17) is 4.74 Å². The molecule has 3 aromatic rings. The minimum Gasteiger partial charge on any atom is -0.444 e. The summed E-state index contributed by atoms with van der Waals surface area (Å²) in [5.41, 5.74) is 2.30. The van der Waals surface area contributed by atoms with Crippen molar-refractivity contribution in [2.45, 2.75) is 38.8 Å². The molecule has 1 fully saturated rings. The van der Waals surface area contributed by atoms with Crippen molar-refractivity contribution in [1.82, 2.24) is 20.9 Å². The molecule has 0 saturated carbocycles. The number of H-pyrrole nitrogens is 1. The monoisotopic (exact) mass is 466 g/mol. The molecule has 0 bridgehead atoms. The summed E-state index contributed by atoms with van der Waals surface area (Å²) in [6, 6.07) is 13.9. The molecule has 34 heavy (non-hydrogen) atoms. The second-order valence-corrected chi connectivity index (χ2v) is 9.73. The van der Waals surface area contributed by atoms with E-state index < -0.39 is 11.7 Å². The lowest BCUT2D eigenvalue weighted by atomic mass is 10.0. The minimum atomic E-state index is -0.528. The van der Waals surface area contributed by atoms with Crippen molar-refractivity contribution in [2.75, 3.05) is 19.6 Å². The van der Waals surface area contributed by atoms with E-state index in [9.17, 15) is 14.0 Å². The van der Waals surface area contributed by atoms with Gasteiger partial charge >= 0.3 is 6.09 Å². The Bertz CT molecular complexity index is 1170. The number of ether oxygens (including phenoxy) is 1. The molecule has 2 aromatic carbocycles. The first kappa shape index (κ1) is 23.8. The zero-order valence-electron chi connectivity index (χ0n) is 19.7. The predicted molar refractivity (Wildman–Crippen MR) is 130 cm³/mol. The van der Waals surface area contributed by atoms with Gasteiger partial charge in [-0.25, -0.2) is 9.18 Å². The van der Waals surface area contributed by atoms with Crippen molar-refractivity contribution in [3.63, 3.8) is 0 Å². The number of carbonyl (C=O) groups is 2. The maximum atomic E-state index is 13.5. The Labute approximate surface area is 198 Å². The van der Waals surface area contributed by atoms with Crippen LogP contribution in [0.3, 0.4) is 0 Å². The van der Waals surface area contributed by atoms with Crippen LogP contribution in [0.15, 0.2) is 48.5 Å². The maximum absolute atomic E-state index is 13.5. The molecule has 2 amide bonds. The molecular weight excluding hydrogens is 435 g/mol. The summed E-state index contributed by atoms with van der Waals surface area (Å²) in [4.78, 5) is 28.2. The van der Waals surface area contributed by atoms with E-state index in [2.05, 4.69) is 20.9 Å². The molecule has 4 rings (SSSR count). The van der Waals surface area contributed by atoms with Crippen molar-refractivity contribution >= 4 is 22.9 Å². The Balaban J connectivity index is 1.38. The third-order valence-corrected chi connectivity index (χ3v) is 5.82. The third-order valence-electron chi connectivity index (χ3n) is 5.82. The number of amides is 2. The van der Waals surface area contributed by atoms with Gasteiger partial charge in [0.15, 0.2) is 0 Å². The van der Waals surface area contributed by atoms with Crippen LogP contribution in [-0.4, -0.2) is 48.3 Å². The number of halogens is 1. The fourth-order valence-electron chi connectivity index (χ4n) is 4.29. The molecule has 1 aliphatic rings. The van der Waals surface area contributed by atoms with E-state index in [0.717, 1.165) is 35.0 Å². The summed E-state index contributed by atoms with van der Waals surface area (Å²) >= 11 is 0. The number of carbonyl (C=O) groups excluding carboxylic acids is 2. The molecule has 1 aromatic heterocycles. The molecule has 0 radical (unpaired) electrons. The fourth-order valence-corrected chi connectivity index (χ4v) is 4.29. The number of hydrogen-bond donors (Lipinski definition) is 4. The van der Waals surface area contributed by atoms with Crippen molar-refractivity contribution in [3.05, 3.63) is 60.0 Å². The molecule has 7 nitrogen and oxygen atoms in total. The molecule has 0 aliphatic carbocycles. The Morgan fingerprint density at radius 3 is 2.53 bits per heavy atom. The first-order chi connectivity index (χ1) is 16.2. The zero-order chi connectivity index (χ0) is 24.3. The summed E-state index contributed by atoms with van der Waals surface area (Å²) in [7, 11) is 0. The number of hydrogen-bond acceptors (Lipinski definition) is 4. The van der Waals surface area contributed by atoms with Crippen LogP contribution in [0.5, 0.6) is 0 Å². The van der Waals surface area contributed by atoms with Crippen molar-refractivity contribution < 1.29 is 18.7 Å². The molecule has 4 N–H and O–H groups in total. The number of benzene rings is 2. The van der Waals surface area contributed by atoms with Crippen LogP contribution < -0.4 is 16.0 Å². The van der Waals surface area contributed by atoms with Gasteiger partial charge in [-0.1, -0.05) is 30.3 Å². The molecule has 2 heterocycles. The van der Waals surface area contributed by atoms with Crippen molar-refractivity contribution in [1.29, 1.82) is 0 Å². The zero-order valence-corrected chi connectivity index (χ0v) is 19.7. The highest BCUT2D eigenvalue weighted by Gasteiger charge is 2.26. The molecule has 1 saturated heterocycles. The molecular formula is C26H31FN4O3. The average molecular weight is 467 g/mol. The summed E-state index contributed by atoms with van der Waals surface area (Å²) < 4.78 is 18.8. The number of fused-ring (bicyclic) bond motifs is 1.